The molecule has 1 aliphatic carbocycles. The molecule has 1 N–H and O–H groups in total. The van der Waals surface area contributed by atoms with Crippen LogP contribution in [0.4, 0.5) is 4.79 Å². The highest BCUT2D eigenvalue weighted by Crippen LogP contribution is 2.44. The van der Waals surface area contributed by atoms with E-state index < -0.39 is 30.0 Å². The van der Waals surface area contributed by atoms with Gasteiger partial charge >= 0.3 is 13.2 Å². The normalized spacial score (nSPS) is 25.9. The molecule has 2 saturated heterocycles. The Bertz CT molecular complexity index is 1280. The Balaban J connectivity index is 1.49. The summed E-state index contributed by atoms with van der Waals surface area (Å²) in [4.78, 5) is 29.5. The first-order chi connectivity index (χ1) is 17.6. The number of piperidine rings is 1. The van der Waals surface area contributed by atoms with Crippen LogP contribution in [0.3, 0.4) is 0 Å². The number of hydrogen-bond donors (Lipinski definition) is 1. The van der Waals surface area contributed by atoms with Gasteiger partial charge in [-0.2, -0.15) is 0 Å². The Morgan fingerprint density at radius 3 is 2.32 bits per heavy atom. The fourth-order valence-electron chi connectivity index (χ4n) is 6.43. The van der Waals surface area contributed by atoms with Crippen LogP contribution in [0, 0.1) is 12.8 Å². The molecular formula is C28H39BN2O7. The van der Waals surface area contributed by atoms with Gasteiger partial charge < -0.3 is 28.5 Å². The van der Waals surface area contributed by atoms with Crippen LogP contribution in [0.25, 0.3) is 11.0 Å². The molecule has 3 heterocycles. The molecule has 3 fully saturated rings. The van der Waals surface area contributed by atoms with Crippen LogP contribution >= 0.6 is 0 Å². The third-order valence-corrected chi connectivity index (χ3v) is 8.99. The number of hydrogen-bond acceptors (Lipinski definition) is 6. The SMILES string of the molecule is COc1cc(C(=O)N2CC3CCC2[C@@H]3N(C(=O)O)C(C)(C)C)cc2oc(B3OC(C)(C)C(C)(C)O3)c(C)c12. The molecule has 5 rings (SSSR count). The van der Waals surface area contributed by atoms with Gasteiger partial charge in [-0.3, -0.25) is 9.69 Å². The van der Waals surface area contributed by atoms with E-state index in [9.17, 15) is 14.7 Å². The van der Waals surface area contributed by atoms with Crippen LogP contribution in [0.1, 0.15) is 77.2 Å². The molecule has 38 heavy (non-hydrogen) atoms. The lowest BCUT2D eigenvalue weighted by Gasteiger charge is -2.40. The fourth-order valence-corrected chi connectivity index (χ4v) is 6.43. The Kier molecular flexibility index (Phi) is 6.11. The van der Waals surface area contributed by atoms with Crippen LogP contribution < -0.4 is 10.4 Å². The van der Waals surface area contributed by atoms with E-state index in [0.717, 1.165) is 23.8 Å². The highest BCUT2D eigenvalue weighted by atomic mass is 16.7. The first kappa shape index (κ1) is 26.9. The summed E-state index contributed by atoms with van der Waals surface area (Å²) < 4.78 is 24.4. The van der Waals surface area contributed by atoms with Gasteiger partial charge in [-0.25, -0.2) is 4.79 Å². The number of methoxy groups -OCH3 is 1. The van der Waals surface area contributed by atoms with Gasteiger partial charge in [-0.15, -0.1) is 0 Å². The largest absolute Gasteiger partial charge is 0.533 e. The average Bonchev–Trinajstić information content (AvgIpc) is 3.51. The molecule has 1 aromatic carbocycles. The molecule has 2 aromatic rings. The molecule has 3 atom stereocenters. The summed E-state index contributed by atoms with van der Waals surface area (Å²) >= 11 is 0. The molecule has 1 saturated carbocycles. The third-order valence-electron chi connectivity index (χ3n) is 8.99. The molecule has 0 radical (unpaired) electrons. The second-order valence-corrected chi connectivity index (χ2v) is 12.9. The zero-order chi connectivity index (χ0) is 27.9. The lowest BCUT2D eigenvalue weighted by molar-refractivity contribution is 0.00578. The van der Waals surface area contributed by atoms with E-state index in [-0.39, 0.29) is 23.9 Å². The van der Waals surface area contributed by atoms with Crippen LogP contribution in [-0.4, -0.2) is 76.5 Å². The molecule has 206 valence electrons. The number of furan rings is 1. The number of fused-ring (bicyclic) bond motifs is 3. The maximum Gasteiger partial charge on any atom is 0.533 e. The molecule has 9 nitrogen and oxygen atoms in total. The van der Waals surface area contributed by atoms with E-state index in [1.807, 2.05) is 60.3 Å². The van der Waals surface area contributed by atoms with Crippen molar-refractivity contribution in [3.63, 3.8) is 0 Å². The summed E-state index contributed by atoms with van der Waals surface area (Å²) in [5.41, 5.74) is 0.785. The van der Waals surface area contributed by atoms with Gasteiger partial charge in [-0.05, 0) is 91.8 Å². The molecule has 2 amide bonds. The van der Waals surface area contributed by atoms with E-state index in [1.165, 1.54) is 0 Å². The van der Waals surface area contributed by atoms with Gasteiger partial charge in [0.05, 0.1) is 35.8 Å². The number of likely N-dealkylation sites (tertiary alicyclic amines) is 1. The van der Waals surface area contributed by atoms with Crippen LogP contribution in [0.5, 0.6) is 5.75 Å². The number of carbonyl (C=O) groups excluding carboxylic acids is 1. The van der Waals surface area contributed by atoms with E-state index in [1.54, 1.807) is 24.1 Å². The Labute approximate surface area is 224 Å². The fraction of sp³-hybridized carbons (Fsp3) is 0.643. The Hall–Kier alpha value is -2.72. The van der Waals surface area contributed by atoms with Crippen molar-refractivity contribution in [2.24, 2.45) is 5.92 Å². The number of rotatable bonds is 4. The maximum absolute atomic E-state index is 13.9. The second kappa shape index (κ2) is 8.65. The van der Waals surface area contributed by atoms with Crippen LogP contribution in [0.2, 0.25) is 0 Å². The molecular weight excluding hydrogens is 487 g/mol. The summed E-state index contributed by atoms with van der Waals surface area (Å²) in [7, 11) is 0.900. The average molecular weight is 526 g/mol. The lowest BCUT2D eigenvalue weighted by Crippen LogP contribution is -2.55. The van der Waals surface area contributed by atoms with Crippen LogP contribution in [0.15, 0.2) is 16.5 Å². The van der Waals surface area contributed by atoms with Gasteiger partial charge in [0.2, 0.25) is 0 Å². The van der Waals surface area contributed by atoms with Gasteiger partial charge in [0.1, 0.15) is 17.0 Å². The van der Waals surface area contributed by atoms with Gasteiger partial charge in [0.25, 0.3) is 5.91 Å². The molecule has 2 bridgehead atoms. The number of carbonyl (C=O) groups is 2. The molecule has 2 aliphatic heterocycles. The Morgan fingerprint density at radius 2 is 1.76 bits per heavy atom. The van der Waals surface area contributed by atoms with Gasteiger partial charge in [-0.1, -0.05) is 0 Å². The van der Waals surface area contributed by atoms with Gasteiger partial charge in [0.15, 0.2) is 0 Å². The van der Waals surface area contributed by atoms with Crippen molar-refractivity contribution in [1.82, 2.24) is 9.80 Å². The van der Waals surface area contributed by atoms with Crippen molar-refractivity contribution in [1.29, 1.82) is 0 Å². The predicted octanol–water partition coefficient (Wildman–Crippen LogP) is 4.43. The highest BCUT2D eigenvalue weighted by molar-refractivity contribution is 6.61. The minimum atomic E-state index is -0.946. The molecule has 3 aliphatic rings. The Morgan fingerprint density at radius 1 is 1.13 bits per heavy atom. The van der Waals surface area contributed by atoms with Crippen molar-refractivity contribution >= 4 is 35.7 Å². The zero-order valence-electron chi connectivity index (χ0n) is 23.9. The van der Waals surface area contributed by atoms with E-state index in [2.05, 4.69) is 0 Å². The van der Waals surface area contributed by atoms with Crippen LogP contribution in [-0.2, 0) is 9.31 Å². The van der Waals surface area contributed by atoms with Crippen molar-refractivity contribution in [2.45, 2.75) is 97.1 Å². The van der Waals surface area contributed by atoms with E-state index >= 15 is 0 Å². The maximum atomic E-state index is 13.9. The number of aryl methyl sites for hydroxylation is 1. The van der Waals surface area contributed by atoms with Crippen molar-refractivity contribution in [3.8, 4) is 5.75 Å². The molecule has 2 unspecified atom stereocenters. The van der Waals surface area contributed by atoms with Crippen molar-refractivity contribution in [2.75, 3.05) is 13.7 Å². The number of amides is 2. The molecule has 1 aromatic heterocycles. The van der Waals surface area contributed by atoms with E-state index in [4.69, 9.17) is 18.5 Å². The summed E-state index contributed by atoms with van der Waals surface area (Å²) in [5.74, 6) is 0.510. The monoisotopic (exact) mass is 526 g/mol. The minimum absolute atomic E-state index is 0.116. The standard InChI is InChI=1S/C28H39BN2O7/c1-15-21-19(35-9)12-17(13-20(21)36-23(15)29-37-27(5,6)28(7,8)38-29)24(32)30-14-16-10-11-18(30)22(16)31(25(33)34)26(2,3)4/h12-13,16,18,22H,10-11,14H2,1-9H3,(H,33,34)/t16?,18?,22-/m1/s1. The summed E-state index contributed by atoms with van der Waals surface area (Å²) in [6.07, 6.45) is 0.751. The smallest absolute Gasteiger partial charge is 0.496 e. The number of benzene rings is 1. The lowest BCUT2D eigenvalue weighted by atomic mass is 9.83. The number of nitrogens with zero attached hydrogens (tertiary/aromatic N) is 2. The van der Waals surface area contributed by atoms with Gasteiger partial charge in [0, 0.05) is 17.6 Å². The first-order valence-corrected chi connectivity index (χ1v) is 13.4. The highest BCUT2D eigenvalue weighted by Gasteiger charge is 2.55. The van der Waals surface area contributed by atoms with Crippen molar-refractivity contribution in [3.05, 3.63) is 23.3 Å². The predicted molar refractivity (Wildman–Crippen MR) is 144 cm³/mol. The number of carboxylic acid groups (broad SMARTS) is 1. The summed E-state index contributed by atoms with van der Waals surface area (Å²) in [5, 5.41) is 10.8. The number of ether oxygens (including phenoxy) is 1. The summed E-state index contributed by atoms with van der Waals surface area (Å²) in [6.45, 7) is 16.1. The minimum Gasteiger partial charge on any atom is -0.496 e. The molecule has 0 spiro atoms. The van der Waals surface area contributed by atoms with E-state index in [0.29, 0.717) is 29.1 Å². The second-order valence-electron chi connectivity index (χ2n) is 12.9. The summed E-state index contributed by atoms with van der Waals surface area (Å²) in [6, 6.07) is 3.12. The topological polar surface area (TPSA) is 102 Å². The van der Waals surface area contributed by atoms with Crippen molar-refractivity contribution < 1.29 is 33.2 Å². The molecule has 10 heteroatoms. The third kappa shape index (κ3) is 3.99. The quantitative estimate of drug-likeness (QED) is 0.589. The zero-order valence-corrected chi connectivity index (χ0v) is 23.9. The first-order valence-electron chi connectivity index (χ1n) is 13.4.